The molecule has 3 heterocycles. The summed E-state index contributed by atoms with van der Waals surface area (Å²) in [6, 6.07) is 3.10. The van der Waals surface area contributed by atoms with E-state index in [4.69, 9.17) is 5.73 Å². The Balaban J connectivity index is 1.60. The number of anilines is 1. The minimum atomic E-state index is -0.553. The van der Waals surface area contributed by atoms with Gasteiger partial charge in [0.05, 0.1) is 17.5 Å². The number of hydrogen-bond donors (Lipinski definition) is 3. The maximum atomic E-state index is 14.8. The van der Waals surface area contributed by atoms with Gasteiger partial charge in [-0.1, -0.05) is 19.9 Å². The normalized spacial score (nSPS) is 18.9. The second-order valence-corrected chi connectivity index (χ2v) is 9.61. The summed E-state index contributed by atoms with van der Waals surface area (Å²) in [6.07, 6.45) is 5.39. The fraction of sp³-hybridized carbons (Fsp3) is 0.417. The Labute approximate surface area is 191 Å². The zero-order valence-corrected chi connectivity index (χ0v) is 19.0. The molecule has 2 aliphatic rings. The topological polar surface area (TPSA) is 119 Å². The molecule has 2 aromatic heterocycles. The summed E-state index contributed by atoms with van der Waals surface area (Å²) in [5.74, 6) is -1.62. The molecule has 0 aromatic carbocycles. The minimum absolute atomic E-state index is 0.0871. The molecular formula is C24H28FN5O3. The summed E-state index contributed by atoms with van der Waals surface area (Å²) >= 11 is 0. The molecule has 174 valence electrons. The van der Waals surface area contributed by atoms with Gasteiger partial charge in [-0.15, -0.1) is 0 Å². The second kappa shape index (κ2) is 8.46. The van der Waals surface area contributed by atoms with Gasteiger partial charge in [-0.25, -0.2) is 9.37 Å². The summed E-state index contributed by atoms with van der Waals surface area (Å²) < 4.78 is 16.8. The van der Waals surface area contributed by atoms with Gasteiger partial charge < -0.3 is 20.9 Å². The number of halogens is 1. The van der Waals surface area contributed by atoms with E-state index in [0.29, 0.717) is 43.5 Å². The fourth-order valence-electron chi connectivity index (χ4n) is 4.73. The van der Waals surface area contributed by atoms with Crippen LogP contribution in [0.1, 0.15) is 56.1 Å². The van der Waals surface area contributed by atoms with Crippen LogP contribution in [-0.4, -0.2) is 27.3 Å². The zero-order valence-electron chi connectivity index (χ0n) is 19.0. The average molecular weight is 454 g/mol. The van der Waals surface area contributed by atoms with E-state index in [0.717, 1.165) is 17.6 Å². The largest absolute Gasteiger partial charge is 0.366 e. The van der Waals surface area contributed by atoms with Gasteiger partial charge in [0, 0.05) is 36.3 Å². The van der Waals surface area contributed by atoms with Crippen LogP contribution in [0.15, 0.2) is 30.1 Å². The maximum Gasteiger partial charge on any atom is 0.250 e. The predicted octanol–water partition coefficient (Wildman–Crippen LogP) is 3.13. The van der Waals surface area contributed by atoms with Gasteiger partial charge in [0.2, 0.25) is 11.8 Å². The number of rotatable bonds is 5. The SMILES string of the molecule is CC(=O)NC1=CCC[C@H](C(=O)Nc2cc(-c3cc(C(N)=O)c4n3CC(C)(C)C4)c(F)cn2)C1. The first-order valence-corrected chi connectivity index (χ1v) is 11.0. The first kappa shape index (κ1) is 22.7. The summed E-state index contributed by atoms with van der Waals surface area (Å²) in [5.41, 5.74) is 8.18. The molecule has 9 heteroatoms. The molecule has 8 nitrogen and oxygen atoms in total. The molecule has 4 rings (SSSR count). The van der Waals surface area contributed by atoms with Crippen molar-refractivity contribution < 1.29 is 18.8 Å². The van der Waals surface area contributed by atoms with Gasteiger partial charge in [0.25, 0.3) is 5.91 Å². The number of nitrogens with zero attached hydrogens (tertiary/aromatic N) is 2. The number of carbonyl (C=O) groups is 3. The van der Waals surface area contributed by atoms with Crippen molar-refractivity contribution in [2.45, 2.75) is 53.0 Å². The van der Waals surface area contributed by atoms with E-state index >= 15 is 0 Å². The van der Waals surface area contributed by atoms with Gasteiger partial charge in [0.15, 0.2) is 5.82 Å². The lowest BCUT2D eigenvalue weighted by Gasteiger charge is -2.22. The van der Waals surface area contributed by atoms with Crippen LogP contribution in [0.5, 0.6) is 0 Å². The molecule has 0 radical (unpaired) electrons. The van der Waals surface area contributed by atoms with Crippen molar-refractivity contribution in [3.63, 3.8) is 0 Å². The van der Waals surface area contributed by atoms with E-state index in [1.54, 1.807) is 6.07 Å². The highest BCUT2D eigenvalue weighted by molar-refractivity contribution is 5.96. The quantitative estimate of drug-likeness (QED) is 0.644. The van der Waals surface area contributed by atoms with Gasteiger partial charge in [-0.05, 0) is 43.2 Å². The first-order valence-electron chi connectivity index (χ1n) is 11.0. The number of amides is 3. The third-order valence-corrected chi connectivity index (χ3v) is 6.17. The lowest BCUT2D eigenvalue weighted by molar-refractivity contribution is -0.121. The third kappa shape index (κ3) is 4.67. The molecule has 3 amide bonds. The molecule has 2 aromatic rings. The molecular weight excluding hydrogens is 425 g/mol. The highest BCUT2D eigenvalue weighted by Gasteiger charge is 2.34. The molecule has 1 aliphatic heterocycles. The molecule has 0 saturated heterocycles. The van der Waals surface area contributed by atoms with Crippen LogP contribution in [0, 0.1) is 17.2 Å². The van der Waals surface area contributed by atoms with E-state index in [1.807, 2.05) is 10.6 Å². The Morgan fingerprint density at radius 3 is 2.70 bits per heavy atom. The van der Waals surface area contributed by atoms with Crippen molar-refractivity contribution in [2.75, 3.05) is 5.32 Å². The smallest absolute Gasteiger partial charge is 0.250 e. The van der Waals surface area contributed by atoms with E-state index < -0.39 is 11.7 Å². The molecule has 0 saturated carbocycles. The number of carbonyl (C=O) groups excluding carboxylic acids is 3. The molecule has 0 unspecified atom stereocenters. The average Bonchev–Trinajstić information content (AvgIpc) is 3.22. The Bertz CT molecular complexity index is 1180. The van der Waals surface area contributed by atoms with Gasteiger partial charge >= 0.3 is 0 Å². The highest BCUT2D eigenvalue weighted by atomic mass is 19.1. The van der Waals surface area contributed by atoms with Crippen molar-refractivity contribution in [2.24, 2.45) is 17.1 Å². The first-order chi connectivity index (χ1) is 15.5. The molecule has 0 fully saturated rings. The minimum Gasteiger partial charge on any atom is -0.366 e. The number of nitrogens with one attached hydrogen (secondary N) is 2. The van der Waals surface area contributed by atoms with Crippen LogP contribution in [-0.2, 0) is 22.6 Å². The molecule has 4 N–H and O–H groups in total. The van der Waals surface area contributed by atoms with Crippen molar-refractivity contribution in [1.82, 2.24) is 14.9 Å². The molecule has 33 heavy (non-hydrogen) atoms. The number of hydrogen-bond acceptors (Lipinski definition) is 4. The van der Waals surface area contributed by atoms with Crippen LogP contribution in [0.25, 0.3) is 11.3 Å². The number of nitrogens with two attached hydrogens (primary N) is 1. The van der Waals surface area contributed by atoms with Crippen molar-refractivity contribution in [3.8, 4) is 11.3 Å². The molecule has 1 atom stereocenters. The molecule has 1 aliphatic carbocycles. The maximum absolute atomic E-state index is 14.8. The number of pyridine rings is 1. The van der Waals surface area contributed by atoms with Crippen LogP contribution >= 0.6 is 0 Å². The molecule has 0 spiro atoms. The van der Waals surface area contributed by atoms with Gasteiger partial charge in [0.1, 0.15) is 5.82 Å². The van der Waals surface area contributed by atoms with Crippen LogP contribution in [0.3, 0.4) is 0 Å². The van der Waals surface area contributed by atoms with E-state index in [9.17, 15) is 18.8 Å². The summed E-state index contributed by atoms with van der Waals surface area (Å²) in [7, 11) is 0. The Morgan fingerprint density at radius 2 is 2.00 bits per heavy atom. The Hall–Kier alpha value is -3.49. The fourth-order valence-corrected chi connectivity index (χ4v) is 4.73. The second-order valence-electron chi connectivity index (χ2n) is 9.61. The van der Waals surface area contributed by atoms with E-state index in [2.05, 4.69) is 29.5 Å². The highest BCUT2D eigenvalue weighted by Crippen LogP contribution is 2.40. The van der Waals surface area contributed by atoms with Crippen LogP contribution in [0.2, 0.25) is 0 Å². The van der Waals surface area contributed by atoms with E-state index in [1.165, 1.54) is 13.0 Å². The number of allylic oxidation sites excluding steroid dienone is 2. The predicted molar refractivity (Wildman–Crippen MR) is 121 cm³/mol. The number of primary amides is 1. The van der Waals surface area contributed by atoms with E-state index in [-0.39, 0.29) is 34.5 Å². The number of aromatic nitrogens is 2. The lowest BCUT2D eigenvalue weighted by atomic mass is 9.90. The summed E-state index contributed by atoms with van der Waals surface area (Å²) in [4.78, 5) is 40.2. The zero-order chi connectivity index (χ0) is 23.9. The van der Waals surface area contributed by atoms with Crippen LogP contribution < -0.4 is 16.4 Å². The van der Waals surface area contributed by atoms with Crippen molar-refractivity contribution in [1.29, 1.82) is 0 Å². The monoisotopic (exact) mass is 453 g/mol. The van der Waals surface area contributed by atoms with Gasteiger partial charge in [-0.3, -0.25) is 14.4 Å². The summed E-state index contributed by atoms with van der Waals surface area (Å²) in [5, 5.41) is 5.53. The number of fused-ring (bicyclic) bond motifs is 1. The lowest BCUT2D eigenvalue weighted by Crippen LogP contribution is -2.29. The van der Waals surface area contributed by atoms with Crippen molar-refractivity contribution >= 4 is 23.5 Å². The Morgan fingerprint density at radius 1 is 1.24 bits per heavy atom. The van der Waals surface area contributed by atoms with Gasteiger partial charge in [-0.2, -0.15) is 0 Å². The summed E-state index contributed by atoms with van der Waals surface area (Å²) in [6.45, 7) is 6.21. The standard InChI is InChI=1S/C24H28FN5O3/c1-13(31)28-15-6-4-5-14(7-15)23(33)29-21-9-16(18(25)11-27-21)19-8-17(22(26)32)20-10-24(2,3)12-30(19)20/h6,8-9,11,14H,4-5,7,10,12H2,1-3H3,(H2,26,32)(H,28,31)(H,27,29,33)/t14-/m0/s1. The van der Waals surface area contributed by atoms with Crippen LogP contribution in [0.4, 0.5) is 10.2 Å². The Kier molecular flexibility index (Phi) is 5.82. The third-order valence-electron chi connectivity index (χ3n) is 6.17. The molecule has 0 bridgehead atoms. The van der Waals surface area contributed by atoms with Crippen molar-refractivity contribution in [3.05, 3.63) is 47.2 Å².